The van der Waals surface area contributed by atoms with Crippen molar-refractivity contribution in [1.82, 2.24) is 0 Å². The van der Waals surface area contributed by atoms with Gasteiger partial charge in [0.05, 0.1) is 5.60 Å². The molecule has 0 heterocycles. The van der Waals surface area contributed by atoms with Gasteiger partial charge in [0.15, 0.2) is 0 Å². The molecule has 1 heteroatoms. The van der Waals surface area contributed by atoms with E-state index in [1.807, 2.05) is 6.92 Å². The zero-order valence-corrected chi connectivity index (χ0v) is 10.1. The summed E-state index contributed by atoms with van der Waals surface area (Å²) in [5.41, 5.74) is -0.497. The summed E-state index contributed by atoms with van der Waals surface area (Å²) in [5, 5.41) is 10.1. The fourth-order valence-electron chi connectivity index (χ4n) is 1.75. The molecule has 1 N–H and O–H groups in total. The van der Waals surface area contributed by atoms with Gasteiger partial charge in [0, 0.05) is 0 Å². The van der Waals surface area contributed by atoms with Crippen LogP contribution in [-0.2, 0) is 0 Å². The Morgan fingerprint density at radius 1 is 1.15 bits per heavy atom. The Morgan fingerprint density at radius 2 is 1.62 bits per heavy atom. The maximum absolute atomic E-state index is 10.1. The van der Waals surface area contributed by atoms with Gasteiger partial charge in [-0.2, -0.15) is 0 Å². The molecule has 0 aromatic rings. The first-order valence-electron chi connectivity index (χ1n) is 5.59. The van der Waals surface area contributed by atoms with E-state index in [-0.39, 0.29) is 0 Å². The van der Waals surface area contributed by atoms with Gasteiger partial charge < -0.3 is 5.11 Å². The van der Waals surface area contributed by atoms with Gasteiger partial charge in [-0.05, 0) is 31.1 Å². The van der Waals surface area contributed by atoms with E-state index in [2.05, 4.69) is 34.6 Å². The van der Waals surface area contributed by atoms with Crippen LogP contribution < -0.4 is 0 Å². The lowest BCUT2D eigenvalue weighted by molar-refractivity contribution is -0.0287. The molecule has 0 aliphatic carbocycles. The van der Waals surface area contributed by atoms with Gasteiger partial charge >= 0.3 is 0 Å². The quantitative estimate of drug-likeness (QED) is 0.697. The molecule has 0 fully saturated rings. The lowest BCUT2D eigenvalue weighted by Crippen LogP contribution is -2.37. The second-order valence-corrected chi connectivity index (χ2v) is 4.74. The van der Waals surface area contributed by atoms with Gasteiger partial charge in [-0.3, -0.25) is 0 Å². The predicted octanol–water partition coefficient (Wildman–Crippen LogP) is 3.47. The van der Waals surface area contributed by atoms with E-state index in [1.165, 1.54) is 6.42 Å². The molecule has 0 radical (unpaired) electrons. The first kappa shape index (κ1) is 13.0. The Morgan fingerprint density at radius 3 is 1.92 bits per heavy atom. The first-order chi connectivity index (χ1) is 5.86. The molecule has 0 bridgehead atoms. The fourth-order valence-corrected chi connectivity index (χ4v) is 1.75. The van der Waals surface area contributed by atoms with Crippen molar-refractivity contribution in [3.05, 3.63) is 0 Å². The summed E-state index contributed by atoms with van der Waals surface area (Å²) in [5.74, 6) is 1.68. The second kappa shape index (κ2) is 4.99. The average Bonchev–Trinajstić information content (AvgIpc) is 2.14. The Labute approximate surface area is 83.5 Å². The molecule has 4 atom stereocenters. The van der Waals surface area contributed by atoms with Crippen molar-refractivity contribution >= 4 is 0 Å². The van der Waals surface area contributed by atoms with Crippen molar-refractivity contribution < 1.29 is 5.11 Å². The van der Waals surface area contributed by atoms with Gasteiger partial charge in [-0.15, -0.1) is 0 Å². The van der Waals surface area contributed by atoms with Gasteiger partial charge in [0.1, 0.15) is 0 Å². The summed E-state index contributed by atoms with van der Waals surface area (Å²) in [6, 6.07) is 0. The molecule has 0 aliphatic heterocycles. The highest BCUT2D eigenvalue weighted by molar-refractivity contribution is 4.82. The maximum atomic E-state index is 10.1. The molecule has 0 aromatic carbocycles. The minimum Gasteiger partial charge on any atom is -0.390 e. The van der Waals surface area contributed by atoms with Crippen LogP contribution in [0, 0.1) is 17.8 Å². The predicted molar refractivity (Wildman–Crippen MR) is 58.7 cm³/mol. The van der Waals surface area contributed by atoms with Gasteiger partial charge in [-0.25, -0.2) is 0 Å². The van der Waals surface area contributed by atoms with Crippen LogP contribution in [-0.4, -0.2) is 10.7 Å². The zero-order chi connectivity index (χ0) is 10.6. The number of hydrogen-bond acceptors (Lipinski definition) is 1. The molecular weight excluding hydrogens is 160 g/mol. The van der Waals surface area contributed by atoms with Crippen LogP contribution in [0.15, 0.2) is 0 Å². The largest absolute Gasteiger partial charge is 0.390 e. The van der Waals surface area contributed by atoms with Crippen LogP contribution in [0.1, 0.15) is 54.4 Å². The molecule has 0 amide bonds. The lowest BCUT2D eigenvalue weighted by Gasteiger charge is -2.36. The summed E-state index contributed by atoms with van der Waals surface area (Å²) in [7, 11) is 0. The minimum absolute atomic E-state index is 0.382. The Balaban J connectivity index is 4.32. The number of rotatable bonds is 5. The molecule has 1 nitrogen and oxygen atoms in total. The van der Waals surface area contributed by atoms with Crippen LogP contribution >= 0.6 is 0 Å². The SMILES string of the molecule is CCC(C)C(C)C(C)C(C)(O)CC. The van der Waals surface area contributed by atoms with E-state index in [0.717, 1.165) is 6.42 Å². The molecule has 13 heavy (non-hydrogen) atoms. The third-order valence-corrected chi connectivity index (χ3v) is 4.03. The van der Waals surface area contributed by atoms with E-state index in [0.29, 0.717) is 17.8 Å². The Kier molecular flexibility index (Phi) is 4.98. The summed E-state index contributed by atoms with van der Waals surface area (Å²) in [6.45, 7) is 12.9. The van der Waals surface area contributed by atoms with Crippen LogP contribution in [0.5, 0.6) is 0 Å². The summed E-state index contributed by atoms with van der Waals surface area (Å²) >= 11 is 0. The Hall–Kier alpha value is -0.0400. The fraction of sp³-hybridized carbons (Fsp3) is 1.00. The lowest BCUT2D eigenvalue weighted by atomic mass is 9.74. The maximum Gasteiger partial charge on any atom is 0.0645 e. The summed E-state index contributed by atoms with van der Waals surface area (Å²) in [4.78, 5) is 0. The molecule has 0 saturated heterocycles. The summed E-state index contributed by atoms with van der Waals surface area (Å²) < 4.78 is 0. The average molecular weight is 186 g/mol. The van der Waals surface area contributed by atoms with Gasteiger partial charge in [0.25, 0.3) is 0 Å². The monoisotopic (exact) mass is 186 g/mol. The van der Waals surface area contributed by atoms with Crippen molar-refractivity contribution in [1.29, 1.82) is 0 Å². The van der Waals surface area contributed by atoms with Crippen molar-refractivity contribution in [2.24, 2.45) is 17.8 Å². The zero-order valence-electron chi connectivity index (χ0n) is 10.1. The third-order valence-electron chi connectivity index (χ3n) is 4.03. The van der Waals surface area contributed by atoms with E-state index >= 15 is 0 Å². The number of aliphatic hydroxyl groups is 1. The Bertz CT molecular complexity index is 140. The van der Waals surface area contributed by atoms with E-state index in [4.69, 9.17) is 0 Å². The van der Waals surface area contributed by atoms with Crippen LogP contribution in [0.3, 0.4) is 0 Å². The van der Waals surface area contributed by atoms with Gasteiger partial charge in [0.2, 0.25) is 0 Å². The van der Waals surface area contributed by atoms with Crippen molar-refractivity contribution in [2.45, 2.75) is 60.0 Å². The molecule has 0 aliphatic rings. The normalized spacial score (nSPS) is 23.3. The molecule has 0 saturated carbocycles. The van der Waals surface area contributed by atoms with Crippen LogP contribution in [0.25, 0.3) is 0 Å². The van der Waals surface area contributed by atoms with Crippen molar-refractivity contribution in [3.8, 4) is 0 Å². The molecule has 0 aromatic heterocycles. The molecule has 80 valence electrons. The van der Waals surface area contributed by atoms with Crippen molar-refractivity contribution in [2.75, 3.05) is 0 Å². The number of hydrogen-bond donors (Lipinski definition) is 1. The van der Waals surface area contributed by atoms with Crippen molar-refractivity contribution in [3.63, 3.8) is 0 Å². The second-order valence-electron chi connectivity index (χ2n) is 4.74. The summed E-state index contributed by atoms with van der Waals surface area (Å²) in [6.07, 6.45) is 2.04. The topological polar surface area (TPSA) is 20.2 Å². The van der Waals surface area contributed by atoms with E-state index in [9.17, 15) is 5.11 Å². The highest BCUT2D eigenvalue weighted by Gasteiger charge is 2.32. The molecule has 0 rings (SSSR count). The van der Waals surface area contributed by atoms with E-state index < -0.39 is 5.60 Å². The van der Waals surface area contributed by atoms with E-state index in [1.54, 1.807) is 0 Å². The smallest absolute Gasteiger partial charge is 0.0645 e. The molecule has 4 unspecified atom stereocenters. The first-order valence-corrected chi connectivity index (χ1v) is 5.59. The highest BCUT2D eigenvalue weighted by atomic mass is 16.3. The van der Waals surface area contributed by atoms with Gasteiger partial charge in [-0.1, -0.05) is 41.0 Å². The third kappa shape index (κ3) is 3.30. The van der Waals surface area contributed by atoms with Crippen LogP contribution in [0.2, 0.25) is 0 Å². The molecule has 0 spiro atoms. The molecular formula is C12H26O. The standard InChI is InChI=1S/C12H26O/c1-7-9(3)10(4)11(5)12(6,13)8-2/h9-11,13H,7-8H2,1-6H3. The minimum atomic E-state index is -0.497. The highest BCUT2D eigenvalue weighted by Crippen LogP contribution is 2.32. The van der Waals surface area contributed by atoms with Crippen LogP contribution in [0.4, 0.5) is 0 Å².